The van der Waals surface area contributed by atoms with Crippen LogP contribution in [-0.4, -0.2) is 46.3 Å². The number of hydrogen-bond acceptors (Lipinski definition) is 8. The smallest absolute Gasteiger partial charge is 0.246 e. The van der Waals surface area contributed by atoms with Crippen LogP contribution in [0.1, 0.15) is 37.4 Å². The van der Waals surface area contributed by atoms with Crippen LogP contribution in [0.4, 0.5) is 11.4 Å². The number of fused-ring (bicyclic) bond motifs is 3. The van der Waals surface area contributed by atoms with Gasteiger partial charge in [0, 0.05) is 12.5 Å². The van der Waals surface area contributed by atoms with Gasteiger partial charge in [-0.1, -0.05) is 18.2 Å². The number of rotatable bonds is 9. The minimum atomic E-state index is -0.757. The molecule has 0 aromatic heterocycles. The Labute approximate surface area is 239 Å². The molecule has 0 aliphatic heterocycles. The van der Waals surface area contributed by atoms with Crippen molar-refractivity contribution >= 4 is 23.2 Å². The largest absolute Gasteiger partial charge is 0.495 e. The van der Waals surface area contributed by atoms with Crippen molar-refractivity contribution in [3.8, 4) is 34.1 Å². The van der Waals surface area contributed by atoms with E-state index in [4.69, 9.17) is 18.9 Å². The SMILES string of the molecule is COc1ccccc1NC(=O)[C@H](C)Nc1ccc2c(cc1=O)[C@@H](NC(C)=O)CCc1cc(OC)c(OC)c(OC)c1-2. The second-order valence-corrected chi connectivity index (χ2v) is 9.65. The van der Waals surface area contributed by atoms with E-state index in [1.165, 1.54) is 27.2 Å². The third-order valence-electron chi connectivity index (χ3n) is 7.05. The van der Waals surface area contributed by atoms with Crippen LogP contribution >= 0.6 is 0 Å². The van der Waals surface area contributed by atoms with Crippen molar-refractivity contribution in [1.82, 2.24) is 5.32 Å². The highest BCUT2D eigenvalue weighted by atomic mass is 16.5. The number of carbonyl (C=O) groups excluding carboxylic acids is 2. The van der Waals surface area contributed by atoms with Crippen molar-refractivity contribution in [3.63, 3.8) is 0 Å². The minimum absolute atomic E-state index is 0.215. The molecule has 41 heavy (non-hydrogen) atoms. The highest BCUT2D eigenvalue weighted by Crippen LogP contribution is 2.50. The fraction of sp³-hybridized carbons (Fsp3) is 0.323. The van der Waals surface area contributed by atoms with Gasteiger partial charge in [0.05, 0.1) is 45.9 Å². The Morgan fingerprint density at radius 3 is 2.24 bits per heavy atom. The van der Waals surface area contributed by atoms with Crippen molar-refractivity contribution in [1.29, 1.82) is 0 Å². The van der Waals surface area contributed by atoms with E-state index in [9.17, 15) is 14.4 Å². The molecule has 10 heteroatoms. The fourth-order valence-electron chi connectivity index (χ4n) is 5.11. The molecule has 0 saturated heterocycles. The standard InChI is InChI=1S/C31H35N3O7/c1-17(31(37)34-24-9-7-8-10-26(24)38-3)32-23-14-12-20-21(16-25(23)36)22(33-18(2)35)13-11-19-15-27(39-4)29(40-5)30(41-6)28(19)20/h7-10,12,14-17,22H,11,13H2,1-6H3,(H,32,36)(H,33,35)(H,34,37)/t17-,22-/m0/s1. The summed E-state index contributed by atoms with van der Waals surface area (Å²) in [6, 6.07) is 12.7. The van der Waals surface area contributed by atoms with Crippen LogP contribution in [-0.2, 0) is 16.0 Å². The van der Waals surface area contributed by atoms with Gasteiger partial charge in [0.25, 0.3) is 0 Å². The Hall–Kier alpha value is -4.73. The Morgan fingerprint density at radius 1 is 0.878 bits per heavy atom. The van der Waals surface area contributed by atoms with Crippen molar-refractivity contribution < 1.29 is 28.5 Å². The predicted octanol–water partition coefficient (Wildman–Crippen LogP) is 4.31. The van der Waals surface area contributed by atoms with E-state index < -0.39 is 12.1 Å². The third-order valence-corrected chi connectivity index (χ3v) is 7.05. The Morgan fingerprint density at radius 2 is 1.59 bits per heavy atom. The number of anilines is 2. The summed E-state index contributed by atoms with van der Waals surface area (Å²) in [7, 11) is 6.16. The van der Waals surface area contributed by atoms with Crippen molar-refractivity contribution in [2.75, 3.05) is 39.1 Å². The van der Waals surface area contributed by atoms with E-state index in [-0.39, 0.29) is 22.9 Å². The summed E-state index contributed by atoms with van der Waals surface area (Å²) >= 11 is 0. The lowest BCUT2D eigenvalue weighted by atomic mass is 9.95. The number of nitrogens with one attached hydrogen (secondary N) is 3. The normalized spacial score (nSPS) is 14.3. The van der Waals surface area contributed by atoms with E-state index >= 15 is 0 Å². The molecule has 0 spiro atoms. The van der Waals surface area contributed by atoms with Crippen LogP contribution in [0.2, 0.25) is 0 Å². The Kier molecular flexibility index (Phi) is 9.01. The summed E-state index contributed by atoms with van der Waals surface area (Å²) in [5.41, 5.74) is 3.42. The lowest BCUT2D eigenvalue weighted by Crippen LogP contribution is -2.33. The number of aryl methyl sites for hydroxylation is 1. The molecule has 3 N–H and O–H groups in total. The highest BCUT2D eigenvalue weighted by molar-refractivity contribution is 5.97. The van der Waals surface area contributed by atoms with E-state index in [1.54, 1.807) is 57.5 Å². The summed E-state index contributed by atoms with van der Waals surface area (Å²) in [6.07, 6.45) is 1.14. The topological polar surface area (TPSA) is 124 Å². The first-order valence-electron chi connectivity index (χ1n) is 13.2. The maximum atomic E-state index is 13.5. The van der Waals surface area contributed by atoms with Gasteiger partial charge in [0.15, 0.2) is 11.5 Å². The summed E-state index contributed by atoms with van der Waals surface area (Å²) in [4.78, 5) is 38.7. The summed E-state index contributed by atoms with van der Waals surface area (Å²) in [5.74, 6) is 1.37. The summed E-state index contributed by atoms with van der Waals surface area (Å²) < 4.78 is 22.3. The molecular formula is C31H35N3O7. The van der Waals surface area contributed by atoms with Gasteiger partial charge in [0.1, 0.15) is 11.8 Å². The molecule has 0 radical (unpaired) electrons. The quantitative estimate of drug-likeness (QED) is 0.353. The molecule has 10 nitrogen and oxygen atoms in total. The number of benzene rings is 2. The number of carbonyl (C=O) groups is 2. The molecule has 0 bridgehead atoms. The van der Waals surface area contributed by atoms with Crippen LogP contribution in [0.15, 0.2) is 53.3 Å². The fourth-order valence-corrected chi connectivity index (χ4v) is 5.11. The zero-order valence-corrected chi connectivity index (χ0v) is 24.0. The molecule has 1 aliphatic carbocycles. The summed E-state index contributed by atoms with van der Waals surface area (Å²) in [5, 5.41) is 8.87. The van der Waals surface area contributed by atoms with E-state index in [1.807, 2.05) is 6.07 Å². The first-order chi connectivity index (χ1) is 19.7. The second kappa shape index (κ2) is 12.6. The molecule has 0 unspecified atom stereocenters. The third kappa shape index (κ3) is 6.06. The van der Waals surface area contributed by atoms with Crippen LogP contribution in [0.3, 0.4) is 0 Å². The van der Waals surface area contributed by atoms with E-state index in [0.717, 1.165) is 11.1 Å². The van der Waals surface area contributed by atoms with Gasteiger partial charge < -0.3 is 34.9 Å². The molecule has 4 rings (SSSR count). The van der Waals surface area contributed by atoms with E-state index in [2.05, 4.69) is 16.0 Å². The number of methoxy groups -OCH3 is 4. The van der Waals surface area contributed by atoms with Gasteiger partial charge in [-0.15, -0.1) is 0 Å². The number of ether oxygens (including phenoxy) is 4. The monoisotopic (exact) mass is 561 g/mol. The molecule has 1 aliphatic rings. The Balaban J connectivity index is 1.80. The van der Waals surface area contributed by atoms with Crippen molar-refractivity contribution in [2.45, 2.75) is 38.8 Å². The Bertz CT molecular complexity index is 1520. The second-order valence-electron chi connectivity index (χ2n) is 9.65. The van der Waals surface area contributed by atoms with Gasteiger partial charge in [-0.05, 0) is 66.8 Å². The zero-order valence-electron chi connectivity index (χ0n) is 24.0. The number of amides is 2. The van der Waals surface area contributed by atoms with Crippen LogP contribution < -0.4 is 40.3 Å². The van der Waals surface area contributed by atoms with Gasteiger partial charge in [-0.2, -0.15) is 0 Å². The zero-order chi connectivity index (χ0) is 29.7. The van der Waals surface area contributed by atoms with Crippen molar-refractivity contribution in [2.24, 2.45) is 0 Å². The molecule has 3 aromatic carbocycles. The van der Waals surface area contributed by atoms with Crippen molar-refractivity contribution in [3.05, 3.63) is 69.9 Å². The highest BCUT2D eigenvalue weighted by Gasteiger charge is 2.29. The molecule has 0 saturated carbocycles. The average molecular weight is 562 g/mol. The molecule has 3 aromatic rings. The van der Waals surface area contributed by atoms with Gasteiger partial charge >= 0.3 is 0 Å². The molecular weight excluding hydrogens is 526 g/mol. The number of hydrogen-bond donors (Lipinski definition) is 3. The molecule has 2 atom stereocenters. The van der Waals surface area contributed by atoms with Gasteiger partial charge in [-0.3, -0.25) is 14.4 Å². The lowest BCUT2D eigenvalue weighted by Gasteiger charge is -2.19. The minimum Gasteiger partial charge on any atom is -0.495 e. The lowest BCUT2D eigenvalue weighted by molar-refractivity contribution is -0.119. The summed E-state index contributed by atoms with van der Waals surface area (Å²) in [6.45, 7) is 3.11. The molecule has 0 heterocycles. The molecule has 0 fully saturated rings. The number of para-hydroxylation sites is 2. The maximum absolute atomic E-state index is 13.5. The van der Waals surface area contributed by atoms with Crippen LogP contribution in [0, 0.1) is 0 Å². The average Bonchev–Trinajstić information content (AvgIpc) is 3.20. The predicted molar refractivity (Wildman–Crippen MR) is 157 cm³/mol. The first-order valence-corrected chi connectivity index (χ1v) is 13.2. The van der Waals surface area contributed by atoms with Crippen LogP contribution in [0.25, 0.3) is 11.1 Å². The van der Waals surface area contributed by atoms with Gasteiger partial charge in [0.2, 0.25) is 23.0 Å². The van der Waals surface area contributed by atoms with E-state index in [0.29, 0.717) is 52.7 Å². The first kappa shape index (κ1) is 29.3. The molecule has 2 amide bonds. The van der Waals surface area contributed by atoms with Gasteiger partial charge in [-0.25, -0.2) is 0 Å². The maximum Gasteiger partial charge on any atom is 0.246 e. The molecule has 216 valence electrons. The van der Waals surface area contributed by atoms with Crippen LogP contribution in [0.5, 0.6) is 23.0 Å².